The molecule has 0 spiro atoms. The first kappa shape index (κ1) is 20.5. The van der Waals surface area contributed by atoms with Crippen molar-refractivity contribution >= 4 is 23.2 Å². The van der Waals surface area contributed by atoms with Crippen LogP contribution in [0.1, 0.15) is 58.4 Å². The summed E-state index contributed by atoms with van der Waals surface area (Å²) >= 11 is 6.34. The molecule has 3 rings (SSSR count). The number of nitrogens with one attached hydrogen (secondary N) is 2. The minimum atomic E-state index is -0.222. The Labute approximate surface area is 171 Å². The number of hydrogen-bond donors (Lipinski definition) is 2. The minimum Gasteiger partial charge on any atom is -0.371 e. The van der Waals surface area contributed by atoms with Gasteiger partial charge in [-0.15, -0.1) is 0 Å². The van der Waals surface area contributed by atoms with Crippen molar-refractivity contribution in [1.82, 2.24) is 10.3 Å². The lowest BCUT2D eigenvalue weighted by molar-refractivity contribution is 0.0950. The summed E-state index contributed by atoms with van der Waals surface area (Å²) in [4.78, 5) is 30.1. The molecular formula is C22H28ClN3O2. The van der Waals surface area contributed by atoms with Crippen LogP contribution in [0.3, 0.4) is 0 Å². The maximum Gasteiger partial charge on any atom is 0.253 e. The van der Waals surface area contributed by atoms with Crippen LogP contribution >= 0.6 is 11.6 Å². The Bertz CT molecular complexity index is 946. The van der Waals surface area contributed by atoms with E-state index in [1.54, 1.807) is 6.07 Å². The van der Waals surface area contributed by atoms with E-state index < -0.39 is 0 Å². The highest BCUT2D eigenvalue weighted by Gasteiger charge is 2.23. The first-order valence-corrected chi connectivity index (χ1v) is 10.2. The SMILES string of the molecule is Cc1cc(C)c(CNC(=O)c2cc(Cl)cc(N(C)C3CCCC3)c2C)c(=O)[nH]1. The molecule has 1 aliphatic carbocycles. The average Bonchev–Trinajstić information content (AvgIpc) is 3.16. The number of pyridine rings is 1. The number of hydrogen-bond acceptors (Lipinski definition) is 3. The summed E-state index contributed by atoms with van der Waals surface area (Å²) in [5, 5.41) is 3.43. The van der Waals surface area contributed by atoms with Crippen LogP contribution in [0.15, 0.2) is 23.0 Å². The summed E-state index contributed by atoms with van der Waals surface area (Å²) < 4.78 is 0. The zero-order valence-electron chi connectivity index (χ0n) is 17.0. The standard InChI is InChI=1S/C22H28ClN3O2/c1-13-9-14(2)25-22(28)19(13)12-24-21(27)18-10-16(23)11-20(15(18)3)26(4)17-7-5-6-8-17/h9-11,17H,5-8,12H2,1-4H3,(H,24,27)(H,25,28). The van der Waals surface area contributed by atoms with Crippen molar-refractivity contribution in [2.24, 2.45) is 0 Å². The monoisotopic (exact) mass is 401 g/mol. The number of aromatic amines is 1. The number of amides is 1. The second-order valence-corrected chi connectivity index (χ2v) is 8.21. The van der Waals surface area contributed by atoms with Crippen LogP contribution in [0.2, 0.25) is 5.02 Å². The van der Waals surface area contributed by atoms with Gasteiger partial charge >= 0.3 is 0 Å². The Morgan fingerprint density at radius 2 is 1.89 bits per heavy atom. The van der Waals surface area contributed by atoms with Crippen LogP contribution in [-0.4, -0.2) is 24.0 Å². The van der Waals surface area contributed by atoms with E-state index in [0.29, 0.717) is 22.2 Å². The molecule has 28 heavy (non-hydrogen) atoms. The van der Waals surface area contributed by atoms with E-state index in [1.807, 2.05) is 32.9 Å². The third kappa shape index (κ3) is 4.25. The zero-order chi connectivity index (χ0) is 20.4. The maximum atomic E-state index is 12.9. The predicted octanol–water partition coefficient (Wildman–Crippen LogP) is 4.26. The summed E-state index contributed by atoms with van der Waals surface area (Å²) in [5.74, 6) is -0.222. The molecule has 0 saturated heterocycles. The lowest BCUT2D eigenvalue weighted by atomic mass is 10.0. The van der Waals surface area contributed by atoms with Crippen molar-refractivity contribution in [2.75, 3.05) is 11.9 Å². The highest BCUT2D eigenvalue weighted by atomic mass is 35.5. The molecule has 0 radical (unpaired) electrons. The van der Waals surface area contributed by atoms with Gasteiger partial charge in [0.25, 0.3) is 11.5 Å². The Hall–Kier alpha value is -2.27. The first-order chi connectivity index (χ1) is 13.3. The fourth-order valence-corrected chi connectivity index (χ4v) is 4.33. The van der Waals surface area contributed by atoms with Crippen molar-refractivity contribution in [3.05, 3.63) is 61.5 Å². The predicted molar refractivity (Wildman–Crippen MR) is 115 cm³/mol. The highest BCUT2D eigenvalue weighted by Crippen LogP contribution is 2.32. The van der Waals surface area contributed by atoms with Gasteiger partial charge in [0, 0.05) is 47.2 Å². The van der Waals surface area contributed by atoms with Crippen molar-refractivity contribution in [2.45, 2.75) is 59.0 Å². The van der Waals surface area contributed by atoms with Crippen LogP contribution in [-0.2, 0) is 6.54 Å². The van der Waals surface area contributed by atoms with E-state index in [-0.39, 0.29) is 18.0 Å². The third-order valence-electron chi connectivity index (χ3n) is 5.76. The lowest BCUT2D eigenvalue weighted by Gasteiger charge is -2.29. The smallest absolute Gasteiger partial charge is 0.253 e. The molecule has 1 heterocycles. The second-order valence-electron chi connectivity index (χ2n) is 7.77. The number of rotatable bonds is 5. The number of anilines is 1. The maximum absolute atomic E-state index is 12.9. The molecule has 1 fully saturated rings. The van der Waals surface area contributed by atoms with Gasteiger partial charge in [0.15, 0.2) is 0 Å². The van der Waals surface area contributed by atoms with E-state index in [4.69, 9.17) is 11.6 Å². The van der Waals surface area contributed by atoms with Crippen LogP contribution in [0.25, 0.3) is 0 Å². The lowest BCUT2D eigenvalue weighted by Crippen LogP contribution is -2.31. The molecule has 0 unspecified atom stereocenters. The fraction of sp³-hybridized carbons (Fsp3) is 0.455. The quantitative estimate of drug-likeness (QED) is 0.786. The highest BCUT2D eigenvalue weighted by molar-refractivity contribution is 6.31. The van der Waals surface area contributed by atoms with Gasteiger partial charge in [-0.3, -0.25) is 9.59 Å². The van der Waals surface area contributed by atoms with Gasteiger partial charge in [-0.1, -0.05) is 24.4 Å². The number of benzene rings is 1. The minimum absolute atomic E-state index is 0.165. The van der Waals surface area contributed by atoms with Crippen molar-refractivity contribution < 1.29 is 4.79 Å². The Balaban J connectivity index is 1.83. The molecular weight excluding hydrogens is 374 g/mol. The van der Waals surface area contributed by atoms with Crippen molar-refractivity contribution in [1.29, 1.82) is 0 Å². The van der Waals surface area contributed by atoms with Crippen LogP contribution < -0.4 is 15.8 Å². The molecule has 2 aromatic rings. The number of nitrogens with zero attached hydrogens (tertiary/aromatic N) is 1. The van der Waals surface area contributed by atoms with E-state index in [1.165, 1.54) is 25.7 Å². The molecule has 150 valence electrons. The molecule has 2 N–H and O–H groups in total. The van der Waals surface area contributed by atoms with E-state index in [9.17, 15) is 9.59 Å². The molecule has 1 aromatic carbocycles. The number of halogens is 1. The van der Waals surface area contributed by atoms with Gasteiger partial charge in [-0.2, -0.15) is 0 Å². The van der Waals surface area contributed by atoms with Gasteiger partial charge in [0.2, 0.25) is 0 Å². The fourth-order valence-electron chi connectivity index (χ4n) is 4.12. The van der Waals surface area contributed by atoms with Crippen LogP contribution in [0.5, 0.6) is 0 Å². The summed E-state index contributed by atoms with van der Waals surface area (Å²) in [6, 6.07) is 6.02. The van der Waals surface area contributed by atoms with E-state index in [2.05, 4.69) is 22.2 Å². The summed E-state index contributed by atoms with van der Waals surface area (Å²) in [5.41, 5.74) is 4.53. The zero-order valence-corrected chi connectivity index (χ0v) is 17.7. The third-order valence-corrected chi connectivity index (χ3v) is 5.98. The molecule has 1 aromatic heterocycles. The van der Waals surface area contributed by atoms with Gasteiger partial charge in [-0.05, 0) is 62.9 Å². The number of carbonyl (C=O) groups is 1. The Morgan fingerprint density at radius 1 is 1.21 bits per heavy atom. The molecule has 0 bridgehead atoms. The van der Waals surface area contributed by atoms with Crippen LogP contribution in [0, 0.1) is 20.8 Å². The Morgan fingerprint density at radius 3 is 2.54 bits per heavy atom. The number of aryl methyl sites for hydroxylation is 2. The van der Waals surface area contributed by atoms with Gasteiger partial charge < -0.3 is 15.2 Å². The van der Waals surface area contributed by atoms with Gasteiger partial charge in [-0.25, -0.2) is 0 Å². The first-order valence-electron chi connectivity index (χ1n) is 9.78. The van der Waals surface area contributed by atoms with Crippen molar-refractivity contribution in [3.63, 3.8) is 0 Å². The number of H-pyrrole nitrogens is 1. The molecule has 1 saturated carbocycles. The molecule has 0 atom stereocenters. The molecule has 0 aliphatic heterocycles. The molecule has 1 aliphatic rings. The Kier molecular flexibility index (Phi) is 6.14. The number of carbonyl (C=O) groups excluding carboxylic acids is 1. The van der Waals surface area contributed by atoms with Crippen LogP contribution in [0.4, 0.5) is 5.69 Å². The van der Waals surface area contributed by atoms with Crippen molar-refractivity contribution in [3.8, 4) is 0 Å². The number of aromatic nitrogens is 1. The summed E-state index contributed by atoms with van der Waals surface area (Å²) in [6.07, 6.45) is 4.82. The van der Waals surface area contributed by atoms with Gasteiger partial charge in [0.05, 0.1) is 0 Å². The second kappa shape index (κ2) is 8.39. The summed E-state index contributed by atoms with van der Waals surface area (Å²) in [7, 11) is 2.07. The average molecular weight is 402 g/mol. The van der Waals surface area contributed by atoms with E-state index in [0.717, 1.165) is 22.5 Å². The normalized spacial score (nSPS) is 14.3. The topological polar surface area (TPSA) is 65.2 Å². The molecule has 1 amide bonds. The summed E-state index contributed by atoms with van der Waals surface area (Å²) in [6.45, 7) is 5.85. The molecule has 6 heteroatoms. The van der Waals surface area contributed by atoms with Gasteiger partial charge in [0.1, 0.15) is 0 Å². The molecule has 5 nitrogen and oxygen atoms in total. The van der Waals surface area contributed by atoms with E-state index >= 15 is 0 Å². The largest absolute Gasteiger partial charge is 0.371 e.